The number of hydrogen-bond donors (Lipinski definition) is 1. The molecular weight excluding hydrogens is 252 g/mol. The first-order valence-electron chi connectivity index (χ1n) is 7.05. The zero-order valence-corrected chi connectivity index (χ0v) is 12.2. The standard InChI is InChI=1S/C16H20N2S/c1-2-4-12-5-7-13(8-6-12)14-11-19-15(18-14)16(17)9-3-10-16/h5-8,11H,2-4,9-10,17H2,1H3. The molecule has 0 bridgehead atoms. The highest BCUT2D eigenvalue weighted by Gasteiger charge is 2.37. The lowest BCUT2D eigenvalue weighted by atomic mass is 9.78. The first-order valence-corrected chi connectivity index (χ1v) is 7.93. The van der Waals surface area contributed by atoms with Crippen LogP contribution in [0.15, 0.2) is 29.6 Å². The smallest absolute Gasteiger partial charge is 0.113 e. The third-order valence-corrected chi connectivity index (χ3v) is 5.03. The number of benzene rings is 1. The molecule has 2 aromatic rings. The molecule has 1 fully saturated rings. The van der Waals surface area contributed by atoms with Crippen LogP contribution in [-0.4, -0.2) is 4.98 Å². The van der Waals surface area contributed by atoms with Crippen molar-refractivity contribution >= 4 is 11.3 Å². The Balaban J connectivity index is 1.82. The lowest BCUT2D eigenvalue weighted by Gasteiger charge is -2.35. The number of nitrogens with two attached hydrogens (primary N) is 1. The van der Waals surface area contributed by atoms with E-state index in [1.165, 1.54) is 24.0 Å². The first kappa shape index (κ1) is 12.8. The molecule has 100 valence electrons. The quantitative estimate of drug-likeness (QED) is 0.910. The number of nitrogens with zero attached hydrogens (tertiary/aromatic N) is 1. The molecule has 1 saturated carbocycles. The Hall–Kier alpha value is -1.19. The van der Waals surface area contributed by atoms with Crippen molar-refractivity contribution in [3.8, 4) is 11.3 Å². The summed E-state index contributed by atoms with van der Waals surface area (Å²) >= 11 is 1.71. The summed E-state index contributed by atoms with van der Waals surface area (Å²) in [7, 11) is 0. The average molecular weight is 272 g/mol. The Morgan fingerprint density at radius 3 is 2.58 bits per heavy atom. The molecule has 0 atom stereocenters. The van der Waals surface area contributed by atoms with E-state index in [1.54, 1.807) is 11.3 Å². The predicted octanol–water partition coefficient (Wildman–Crippen LogP) is 4.10. The van der Waals surface area contributed by atoms with Crippen LogP contribution >= 0.6 is 11.3 Å². The summed E-state index contributed by atoms with van der Waals surface area (Å²) in [6.45, 7) is 2.21. The topological polar surface area (TPSA) is 38.9 Å². The Bertz CT molecular complexity index is 552. The van der Waals surface area contributed by atoms with Gasteiger partial charge in [0.25, 0.3) is 0 Å². The molecule has 0 amide bonds. The minimum absolute atomic E-state index is 0.134. The number of rotatable bonds is 4. The normalized spacial score (nSPS) is 17.2. The Morgan fingerprint density at radius 2 is 2.00 bits per heavy atom. The highest BCUT2D eigenvalue weighted by atomic mass is 32.1. The monoisotopic (exact) mass is 272 g/mol. The Morgan fingerprint density at radius 1 is 1.26 bits per heavy atom. The van der Waals surface area contributed by atoms with E-state index < -0.39 is 0 Å². The van der Waals surface area contributed by atoms with E-state index >= 15 is 0 Å². The zero-order valence-electron chi connectivity index (χ0n) is 11.4. The molecular formula is C16H20N2S. The van der Waals surface area contributed by atoms with E-state index in [-0.39, 0.29) is 5.54 Å². The van der Waals surface area contributed by atoms with Gasteiger partial charge in [0.05, 0.1) is 11.2 Å². The number of aromatic nitrogens is 1. The number of aryl methyl sites for hydroxylation is 1. The van der Waals surface area contributed by atoms with E-state index in [0.29, 0.717) is 0 Å². The lowest BCUT2D eigenvalue weighted by Crippen LogP contribution is -2.43. The molecule has 0 spiro atoms. The molecule has 0 unspecified atom stereocenters. The molecule has 1 heterocycles. The van der Waals surface area contributed by atoms with Crippen molar-refractivity contribution in [1.82, 2.24) is 4.98 Å². The van der Waals surface area contributed by atoms with Crippen molar-refractivity contribution in [2.75, 3.05) is 0 Å². The summed E-state index contributed by atoms with van der Waals surface area (Å²) in [5.74, 6) is 0. The molecule has 1 aromatic carbocycles. The second kappa shape index (κ2) is 5.06. The molecule has 0 aliphatic heterocycles. The van der Waals surface area contributed by atoms with Gasteiger partial charge in [-0.05, 0) is 31.2 Å². The van der Waals surface area contributed by atoms with Crippen LogP contribution in [0.1, 0.15) is 43.2 Å². The fraction of sp³-hybridized carbons (Fsp3) is 0.438. The molecule has 19 heavy (non-hydrogen) atoms. The van der Waals surface area contributed by atoms with Gasteiger partial charge in [-0.2, -0.15) is 0 Å². The molecule has 1 aliphatic rings. The first-order chi connectivity index (χ1) is 9.21. The van der Waals surface area contributed by atoms with Crippen LogP contribution in [0.4, 0.5) is 0 Å². The number of hydrogen-bond acceptors (Lipinski definition) is 3. The molecule has 0 radical (unpaired) electrons. The van der Waals surface area contributed by atoms with Crippen molar-refractivity contribution in [1.29, 1.82) is 0 Å². The van der Waals surface area contributed by atoms with Gasteiger partial charge in [0.1, 0.15) is 5.01 Å². The van der Waals surface area contributed by atoms with Gasteiger partial charge in [-0.25, -0.2) is 4.98 Å². The van der Waals surface area contributed by atoms with Crippen LogP contribution in [0.25, 0.3) is 11.3 Å². The highest BCUT2D eigenvalue weighted by Crippen LogP contribution is 2.41. The van der Waals surface area contributed by atoms with E-state index in [1.807, 2.05) is 0 Å². The molecule has 0 saturated heterocycles. The largest absolute Gasteiger partial charge is 0.319 e. The van der Waals surface area contributed by atoms with Crippen LogP contribution in [0.3, 0.4) is 0 Å². The van der Waals surface area contributed by atoms with Crippen molar-refractivity contribution in [2.45, 2.75) is 44.6 Å². The van der Waals surface area contributed by atoms with Crippen LogP contribution in [0, 0.1) is 0 Å². The summed E-state index contributed by atoms with van der Waals surface area (Å²) < 4.78 is 0. The summed E-state index contributed by atoms with van der Waals surface area (Å²) in [6.07, 6.45) is 5.73. The van der Waals surface area contributed by atoms with E-state index in [2.05, 4.69) is 36.6 Å². The summed E-state index contributed by atoms with van der Waals surface area (Å²) in [6, 6.07) is 8.76. The average Bonchev–Trinajstić information content (AvgIpc) is 2.87. The van der Waals surface area contributed by atoms with Crippen LogP contribution < -0.4 is 5.73 Å². The molecule has 1 aliphatic carbocycles. The van der Waals surface area contributed by atoms with Gasteiger partial charge in [0.2, 0.25) is 0 Å². The third-order valence-electron chi connectivity index (χ3n) is 3.96. The summed E-state index contributed by atoms with van der Waals surface area (Å²) in [5.41, 5.74) is 9.86. The van der Waals surface area contributed by atoms with E-state index in [4.69, 9.17) is 10.7 Å². The predicted molar refractivity (Wildman–Crippen MR) is 81.3 cm³/mol. The van der Waals surface area contributed by atoms with Crippen molar-refractivity contribution in [3.63, 3.8) is 0 Å². The van der Waals surface area contributed by atoms with Gasteiger partial charge in [-0.15, -0.1) is 11.3 Å². The number of thiazole rings is 1. The molecule has 3 rings (SSSR count). The Kier molecular flexibility index (Phi) is 3.42. The third kappa shape index (κ3) is 2.45. The van der Waals surface area contributed by atoms with Gasteiger partial charge < -0.3 is 5.73 Å². The fourth-order valence-corrected chi connectivity index (χ4v) is 3.54. The molecule has 3 heteroatoms. The lowest BCUT2D eigenvalue weighted by molar-refractivity contribution is 0.253. The molecule has 1 aromatic heterocycles. The zero-order chi connectivity index (χ0) is 13.3. The summed E-state index contributed by atoms with van der Waals surface area (Å²) in [4.78, 5) is 4.74. The van der Waals surface area contributed by atoms with Crippen molar-refractivity contribution in [2.24, 2.45) is 5.73 Å². The van der Waals surface area contributed by atoms with Crippen LogP contribution in [0.2, 0.25) is 0 Å². The van der Waals surface area contributed by atoms with Gasteiger partial charge in [0, 0.05) is 10.9 Å². The van der Waals surface area contributed by atoms with Gasteiger partial charge in [-0.1, -0.05) is 37.6 Å². The van der Waals surface area contributed by atoms with E-state index in [9.17, 15) is 0 Å². The maximum absolute atomic E-state index is 6.33. The minimum Gasteiger partial charge on any atom is -0.319 e. The molecule has 2 N–H and O–H groups in total. The summed E-state index contributed by atoms with van der Waals surface area (Å²) in [5, 5.41) is 3.24. The SMILES string of the molecule is CCCc1ccc(-c2csc(C3(N)CCC3)n2)cc1. The van der Waals surface area contributed by atoms with Crippen LogP contribution in [0.5, 0.6) is 0 Å². The highest BCUT2D eigenvalue weighted by molar-refractivity contribution is 7.10. The van der Waals surface area contributed by atoms with Crippen LogP contribution in [-0.2, 0) is 12.0 Å². The minimum atomic E-state index is -0.134. The maximum atomic E-state index is 6.33. The van der Waals surface area contributed by atoms with Crippen molar-refractivity contribution in [3.05, 3.63) is 40.2 Å². The second-order valence-electron chi connectivity index (χ2n) is 5.49. The molecule has 2 nitrogen and oxygen atoms in total. The van der Waals surface area contributed by atoms with E-state index in [0.717, 1.165) is 30.0 Å². The fourth-order valence-electron chi connectivity index (χ4n) is 2.54. The van der Waals surface area contributed by atoms with Crippen molar-refractivity contribution < 1.29 is 0 Å². The van der Waals surface area contributed by atoms with Gasteiger partial charge in [0.15, 0.2) is 0 Å². The van der Waals surface area contributed by atoms with Gasteiger partial charge in [-0.3, -0.25) is 0 Å². The Labute approximate surface area is 118 Å². The van der Waals surface area contributed by atoms with Gasteiger partial charge >= 0.3 is 0 Å². The second-order valence-corrected chi connectivity index (χ2v) is 6.35. The maximum Gasteiger partial charge on any atom is 0.113 e.